The van der Waals surface area contributed by atoms with Crippen molar-refractivity contribution in [2.45, 2.75) is 32.2 Å². The maximum Gasteiger partial charge on any atom is 0.191 e. The van der Waals surface area contributed by atoms with Crippen molar-refractivity contribution in [3.63, 3.8) is 0 Å². The normalized spacial score (nSPS) is 15.4. The van der Waals surface area contributed by atoms with Gasteiger partial charge in [0.1, 0.15) is 5.75 Å². The van der Waals surface area contributed by atoms with Gasteiger partial charge in [-0.3, -0.25) is 4.99 Å². The third kappa shape index (κ3) is 8.76. The van der Waals surface area contributed by atoms with Gasteiger partial charge in [-0.1, -0.05) is 18.2 Å². The highest BCUT2D eigenvalue weighted by Gasteiger charge is 2.32. The van der Waals surface area contributed by atoms with Crippen molar-refractivity contribution in [2.24, 2.45) is 10.9 Å². The lowest BCUT2D eigenvalue weighted by atomic mass is 10.2. The molecule has 1 saturated carbocycles. The second-order valence-corrected chi connectivity index (χ2v) is 6.53. The summed E-state index contributed by atoms with van der Waals surface area (Å²) in [7, 11) is 4.31. The number of nitrogens with zero attached hydrogens (tertiary/aromatic N) is 2. The van der Waals surface area contributed by atoms with E-state index in [1.807, 2.05) is 30.3 Å². The third-order valence-corrected chi connectivity index (χ3v) is 4.24. The third-order valence-electron chi connectivity index (χ3n) is 4.24. The zero-order valence-electron chi connectivity index (χ0n) is 15.7. The summed E-state index contributed by atoms with van der Waals surface area (Å²) in [5, 5.41) is 6.73. The molecule has 0 radical (unpaired) electrons. The van der Waals surface area contributed by atoms with Gasteiger partial charge in [0.2, 0.25) is 0 Å². The maximum absolute atomic E-state index is 5.71. The lowest BCUT2D eigenvalue weighted by molar-refractivity contribution is 0.271. The van der Waals surface area contributed by atoms with Crippen LogP contribution in [-0.4, -0.2) is 57.2 Å². The first kappa shape index (κ1) is 22.0. The molecule has 0 saturated heterocycles. The van der Waals surface area contributed by atoms with Gasteiger partial charge in [-0.05, 0) is 58.3 Å². The van der Waals surface area contributed by atoms with Crippen molar-refractivity contribution < 1.29 is 4.74 Å². The number of aliphatic imine (C=N–C) groups is 1. The van der Waals surface area contributed by atoms with Gasteiger partial charge in [-0.15, -0.1) is 24.0 Å². The number of para-hydroxylation sites is 1. The minimum Gasteiger partial charge on any atom is -0.494 e. The molecule has 2 N–H and O–H groups in total. The largest absolute Gasteiger partial charge is 0.494 e. The molecule has 142 valence electrons. The Labute approximate surface area is 169 Å². The number of rotatable bonds is 10. The van der Waals surface area contributed by atoms with E-state index in [4.69, 9.17) is 9.73 Å². The molecular formula is C19H33IN4O. The fourth-order valence-electron chi connectivity index (χ4n) is 2.73. The SMILES string of the molecule is CCNC(=NCC(C1CC1)N(C)C)NCCCOc1ccccc1.I. The maximum atomic E-state index is 5.71. The number of likely N-dealkylation sites (N-methyl/N-ethyl adjacent to an activating group) is 1. The average molecular weight is 460 g/mol. The molecule has 1 unspecified atom stereocenters. The molecule has 6 heteroatoms. The van der Waals surface area contributed by atoms with Crippen LogP contribution in [0.5, 0.6) is 5.75 Å². The van der Waals surface area contributed by atoms with E-state index in [1.54, 1.807) is 0 Å². The van der Waals surface area contributed by atoms with Crippen molar-refractivity contribution in [1.29, 1.82) is 0 Å². The van der Waals surface area contributed by atoms with Crippen LogP contribution >= 0.6 is 24.0 Å². The molecule has 0 aromatic heterocycles. The fraction of sp³-hybridized carbons (Fsp3) is 0.632. The van der Waals surface area contributed by atoms with E-state index in [1.165, 1.54) is 12.8 Å². The van der Waals surface area contributed by atoms with E-state index in [9.17, 15) is 0 Å². The molecule has 0 amide bonds. The van der Waals surface area contributed by atoms with Crippen molar-refractivity contribution >= 4 is 29.9 Å². The minimum atomic E-state index is 0. The van der Waals surface area contributed by atoms with E-state index in [2.05, 4.69) is 36.6 Å². The standard InChI is InChI=1S/C19H32N4O.HI/c1-4-20-19(22-15-18(23(2)3)16-11-12-16)21-13-8-14-24-17-9-6-5-7-10-17;/h5-7,9-10,16,18H,4,8,11-15H2,1-3H3,(H2,20,21,22);1H. The highest BCUT2D eigenvalue weighted by Crippen LogP contribution is 2.34. The predicted octanol–water partition coefficient (Wildman–Crippen LogP) is 2.97. The number of halogens is 1. The lowest BCUT2D eigenvalue weighted by Crippen LogP contribution is -2.40. The van der Waals surface area contributed by atoms with Crippen LogP contribution in [0.1, 0.15) is 26.2 Å². The molecule has 1 aromatic rings. The van der Waals surface area contributed by atoms with Crippen LogP contribution in [0.2, 0.25) is 0 Å². The Hall–Kier alpha value is -1.02. The van der Waals surface area contributed by atoms with Gasteiger partial charge in [0, 0.05) is 19.1 Å². The van der Waals surface area contributed by atoms with Crippen LogP contribution < -0.4 is 15.4 Å². The predicted molar refractivity (Wildman–Crippen MR) is 116 cm³/mol. The van der Waals surface area contributed by atoms with Gasteiger partial charge >= 0.3 is 0 Å². The summed E-state index contributed by atoms with van der Waals surface area (Å²) in [6, 6.07) is 10.5. The minimum absolute atomic E-state index is 0. The molecule has 1 aliphatic rings. The Balaban J connectivity index is 0.00000312. The summed E-state index contributed by atoms with van der Waals surface area (Å²) in [4.78, 5) is 7.07. The molecule has 0 bridgehead atoms. The topological polar surface area (TPSA) is 48.9 Å². The Morgan fingerprint density at radius 2 is 1.96 bits per heavy atom. The van der Waals surface area contributed by atoms with E-state index >= 15 is 0 Å². The van der Waals surface area contributed by atoms with E-state index in [0.717, 1.165) is 43.7 Å². The average Bonchev–Trinajstić information content (AvgIpc) is 3.40. The van der Waals surface area contributed by atoms with Crippen molar-refractivity contribution in [3.05, 3.63) is 30.3 Å². The van der Waals surface area contributed by atoms with Crippen LogP contribution in [0.25, 0.3) is 0 Å². The summed E-state index contributed by atoms with van der Waals surface area (Å²) >= 11 is 0. The van der Waals surface area contributed by atoms with Crippen LogP contribution in [0.15, 0.2) is 35.3 Å². The molecule has 0 aliphatic heterocycles. The number of guanidine groups is 1. The van der Waals surface area contributed by atoms with Gasteiger partial charge in [-0.25, -0.2) is 0 Å². The molecule has 25 heavy (non-hydrogen) atoms. The summed E-state index contributed by atoms with van der Waals surface area (Å²) in [5.74, 6) is 2.66. The Bertz CT molecular complexity index is 489. The summed E-state index contributed by atoms with van der Waals surface area (Å²) in [5.41, 5.74) is 0. The van der Waals surface area contributed by atoms with Crippen LogP contribution in [0, 0.1) is 5.92 Å². The van der Waals surface area contributed by atoms with Gasteiger partial charge in [0.05, 0.1) is 13.2 Å². The first-order valence-corrected chi connectivity index (χ1v) is 9.07. The summed E-state index contributed by atoms with van der Waals surface area (Å²) in [6.45, 7) is 5.39. The smallest absolute Gasteiger partial charge is 0.191 e. The zero-order chi connectivity index (χ0) is 17.2. The number of benzene rings is 1. The monoisotopic (exact) mass is 460 g/mol. The molecule has 1 aliphatic carbocycles. The molecule has 5 nitrogen and oxygen atoms in total. The molecule has 0 spiro atoms. The van der Waals surface area contributed by atoms with Crippen molar-refractivity contribution in [2.75, 3.05) is 40.3 Å². The number of hydrogen-bond acceptors (Lipinski definition) is 3. The highest BCUT2D eigenvalue weighted by molar-refractivity contribution is 14.0. The highest BCUT2D eigenvalue weighted by atomic mass is 127. The molecular weight excluding hydrogens is 427 g/mol. The molecule has 1 fully saturated rings. The van der Waals surface area contributed by atoms with Crippen LogP contribution in [0.4, 0.5) is 0 Å². The van der Waals surface area contributed by atoms with Crippen LogP contribution in [-0.2, 0) is 0 Å². The Kier molecular flexibility index (Phi) is 10.9. The van der Waals surface area contributed by atoms with Crippen LogP contribution in [0.3, 0.4) is 0 Å². The Morgan fingerprint density at radius 3 is 2.56 bits per heavy atom. The quantitative estimate of drug-likeness (QED) is 0.244. The number of hydrogen-bond donors (Lipinski definition) is 2. The second-order valence-electron chi connectivity index (χ2n) is 6.53. The van der Waals surface area contributed by atoms with E-state index in [-0.39, 0.29) is 24.0 Å². The van der Waals surface area contributed by atoms with E-state index < -0.39 is 0 Å². The first-order valence-electron chi connectivity index (χ1n) is 9.07. The summed E-state index contributed by atoms with van der Waals surface area (Å²) in [6.07, 6.45) is 3.64. The van der Waals surface area contributed by atoms with Crippen molar-refractivity contribution in [3.8, 4) is 5.75 Å². The lowest BCUT2D eigenvalue weighted by Gasteiger charge is -2.23. The number of ether oxygens (including phenoxy) is 1. The van der Waals surface area contributed by atoms with E-state index in [0.29, 0.717) is 12.6 Å². The molecule has 1 aromatic carbocycles. The summed E-state index contributed by atoms with van der Waals surface area (Å²) < 4.78 is 5.71. The second kappa shape index (κ2) is 12.4. The number of nitrogens with one attached hydrogen (secondary N) is 2. The first-order chi connectivity index (χ1) is 11.7. The Morgan fingerprint density at radius 1 is 1.24 bits per heavy atom. The van der Waals surface area contributed by atoms with Gasteiger partial charge in [0.15, 0.2) is 5.96 Å². The van der Waals surface area contributed by atoms with Gasteiger partial charge in [0.25, 0.3) is 0 Å². The molecule has 2 rings (SSSR count). The zero-order valence-corrected chi connectivity index (χ0v) is 18.0. The molecule has 0 heterocycles. The van der Waals surface area contributed by atoms with Gasteiger partial charge in [-0.2, -0.15) is 0 Å². The fourth-order valence-corrected chi connectivity index (χ4v) is 2.73. The van der Waals surface area contributed by atoms with Crippen molar-refractivity contribution in [1.82, 2.24) is 15.5 Å². The van der Waals surface area contributed by atoms with Gasteiger partial charge < -0.3 is 20.3 Å². The molecule has 1 atom stereocenters.